The zero-order valence-corrected chi connectivity index (χ0v) is 7.57. The van der Waals surface area contributed by atoms with Crippen LogP contribution in [0, 0.1) is 0 Å². The summed E-state index contributed by atoms with van der Waals surface area (Å²) in [5, 5.41) is 8.42. The molecule has 0 aromatic heterocycles. The summed E-state index contributed by atoms with van der Waals surface area (Å²) in [6.45, 7) is 1.16. The predicted octanol–water partition coefficient (Wildman–Crippen LogP) is 0.743. The summed E-state index contributed by atoms with van der Waals surface area (Å²) in [6, 6.07) is 10.2. The molecule has 3 nitrogen and oxygen atoms in total. The fourth-order valence-electron chi connectivity index (χ4n) is 1.03. The van der Waals surface area contributed by atoms with E-state index in [1.54, 1.807) is 0 Å². The third kappa shape index (κ3) is 4.62. The Balaban J connectivity index is 2.07. The normalized spacial score (nSPS) is 10.2. The molecule has 1 aromatic rings. The monoisotopic (exact) mass is 181 g/mol. The zero-order valence-electron chi connectivity index (χ0n) is 7.57. The molecule has 0 amide bonds. The van der Waals surface area contributed by atoms with E-state index < -0.39 is 0 Å². The van der Waals surface area contributed by atoms with E-state index >= 15 is 0 Å². The molecule has 13 heavy (non-hydrogen) atoms. The molecule has 0 atom stereocenters. The third-order valence-corrected chi connectivity index (χ3v) is 1.65. The lowest BCUT2D eigenvalue weighted by Gasteiger charge is -2.03. The van der Waals surface area contributed by atoms with E-state index in [2.05, 4.69) is 17.6 Å². The largest absolute Gasteiger partial charge is 0.394 e. The van der Waals surface area contributed by atoms with Gasteiger partial charge in [0, 0.05) is 6.54 Å². The van der Waals surface area contributed by atoms with Crippen molar-refractivity contribution in [2.75, 3.05) is 19.8 Å². The van der Waals surface area contributed by atoms with E-state index in [4.69, 9.17) is 9.94 Å². The molecule has 0 saturated heterocycles. The summed E-state index contributed by atoms with van der Waals surface area (Å²) in [5.41, 5.74) is 4.05. The number of aliphatic hydroxyl groups excluding tert-OH is 1. The smallest absolute Gasteiger partial charge is 0.0913 e. The van der Waals surface area contributed by atoms with Gasteiger partial charge in [0.05, 0.1) is 13.2 Å². The molecule has 0 aliphatic heterocycles. The van der Waals surface area contributed by atoms with E-state index in [0.717, 1.165) is 13.0 Å². The summed E-state index contributed by atoms with van der Waals surface area (Å²) in [7, 11) is 0. The zero-order chi connectivity index (χ0) is 9.36. The fraction of sp³-hybridized carbons (Fsp3) is 0.400. The van der Waals surface area contributed by atoms with Crippen LogP contribution in [0.4, 0.5) is 0 Å². The highest BCUT2D eigenvalue weighted by Crippen LogP contribution is 1.97. The number of hydrogen-bond acceptors (Lipinski definition) is 3. The van der Waals surface area contributed by atoms with Gasteiger partial charge in [-0.2, -0.15) is 0 Å². The van der Waals surface area contributed by atoms with E-state index in [0.29, 0.717) is 6.61 Å². The van der Waals surface area contributed by atoms with Crippen LogP contribution in [0.15, 0.2) is 30.3 Å². The number of hydroxylamine groups is 1. The Bertz CT molecular complexity index is 213. The molecule has 0 unspecified atom stereocenters. The van der Waals surface area contributed by atoms with E-state index in [9.17, 15) is 0 Å². The van der Waals surface area contributed by atoms with Gasteiger partial charge in [-0.05, 0) is 12.0 Å². The van der Waals surface area contributed by atoms with Crippen LogP contribution in [0.25, 0.3) is 0 Å². The van der Waals surface area contributed by atoms with Crippen molar-refractivity contribution in [2.45, 2.75) is 6.42 Å². The van der Waals surface area contributed by atoms with Crippen LogP contribution in [0.3, 0.4) is 0 Å². The van der Waals surface area contributed by atoms with Crippen LogP contribution >= 0.6 is 0 Å². The minimum Gasteiger partial charge on any atom is -0.394 e. The SMILES string of the molecule is OCCONCCc1ccccc1. The molecule has 0 fully saturated rings. The molecule has 0 heterocycles. The molecule has 0 radical (unpaired) electrons. The first-order valence-corrected chi connectivity index (χ1v) is 4.43. The fourth-order valence-corrected chi connectivity index (χ4v) is 1.03. The first-order chi connectivity index (χ1) is 6.43. The Morgan fingerprint density at radius 3 is 2.69 bits per heavy atom. The summed E-state index contributed by atoms with van der Waals surface area (Å²) in [5.74, 6) is 0. The molecular formula is C10H15NO2. The van der Waals surface area contributed by atoms with E-state index in [-0.39, 0.29) is 6.61 Å². The second kappa shape index (κ2) is 6.60. The topological polar surface area (TPSA) is 41.5 Å². The maximum absolute atomic E-state index is 8.42. The first-order valence-electron chi connectivity index (χ1n) is 4.43. The molecule has 1 aromatic carbocycles. The van der Waals surface area contributed by atoms with Crippen molar-refractivity contribution in [1.29, 1.82) is 0 Å². The van der Waals surface area contributed by atoms with Crippen LogP contribution < -0.4 is 5.48 Å². The molecule has 0 spiro atoms. The van der Waals surface area contributed by atoms with Crippen molar-refractivity contribution < 1.29 is 9.94 Å². The molecule has 0 saturated carbocycles. The Morgan fingerprint density at radius 1 is 1.23 bits per heavy atom. The molecule has 72 valence electrons. The van der Waals surface area contributed by atoms with Crippen molar-refractivity contribution in [3.63, 3.8) is 0 Å². The highest BCUT2D eigenvalue weighted by Gasteiger charge is 1.90. The molecule has 2 N–H and O–H groups in total. The third-order valence-electron chi connectivity index (χ3n) is 1.65. The summed E-state index contributed by atoms with van der Waals surface area (Å²) in [6.07, 6.45) is 0.937. The van der Waals surface area contributed by atoms with Gasteiger partial charge in [-0.1, -0.05) is 30.3 Å². The number of rotatable bonds is 6. The Kier molecular flexibility index (Phi) is 5.17. The molecular weight excluding hydrogens is 166 g/mol. The Morgan fingerprint density at radius 2 is 2.00 bits per heavy atom. The Hall–Kier alpha value is -0.900. The molecule has 3 heteroatoms. The molecule has 0 bridgehead atoms. The van der Waals surface area contributed by atoms with Crippen molar-refractivity contribution >= 4 is 0 Å². The van der Waals surface area contributed by atoms with Crippen molar-refractivity contribution in [3.05, 3.63) is 35.9 Å². The average Bonchev–Trinajstić information content (AvgIpc) is 2.19. The highest BCUT2D eigenvalue weighted by molar-refractivity contribution is 5.14. The van der Waals surface area contributed by atoms with Crippen LogP contribution in [0.1, 0.15) is 5.56 Å². The van der Waals surface area contributed by atoms with Gasteiger partial charge in [0.25, 0.3) is 0 Å². The second-order valence-corrected chi connectivity index (χ2v) is 2.70. The maximum atomic E-state index is 8.42. The van der Waals surface area contributed by atoms with Gasteiger partial charge in [0.15, 0.2) is 0 Å². The van der Waals surface area contributed by atoms with Gasteiger partial charge < -0.3 is 5.11 Å². The van der Waals surface area contributed by atoms with Crippen molar-refractivity contribution in [2.24, 2.45) is 0 Å². The van der Waals surface area contributed by atoms with Gasteiger partial charge >= 0.3 is 0 Å². The molecule has 0 aliphatic carbocycles. The highest BCUT2D eigenvalue weighted by atomic mass is 16.6. The van der Waals surface area contributed by atoms with E-state index in [1.807, 2.05) is 18.2 Å². The van der Waals surface area contributed by atoms with Gasteiger partial charge in [-0.15, -0.1) is 0 Å². The van der Waals surface area contributed by atoms with Crippen molar-refractivity contribution in [3.8, 4) is 0 Å². The lowest BCUT2D eigenvalue weighted by Crippen LogP contribution is -2.19. The molecule has 0 aliphatic rings. The number of nitrogens with one attached hydrogen (secondary N) is 1. The van der Waals surface area contributed by atoms with Gasteiger partial charge in [0.1, 0.15) is 0 Å². The number of hydrogen-bond donors (Lipinski definition) is 2. The van der Waals surface area contributed by atoms with Gasteiger partial charge in [-0.25, -0.2) is 5.48 Å². The summed E-state index contributed by atoms with van der Waals surface area (Å²) < 4.78 is 0. The number of aliphatic hydroxyl groups is 1. The first kappa shape index (κ1) is 10.2. The minimum atomic E-state index is 0.0539. The summed E-state index contributed by atoms with van der Waals surface area (Å²) in [4.78, 5) is 4.90. The summed E-state index contributed by atoms with van der Waals surface area (Å²) >= 11 is 0. The standard InChI is InChI=1S/C10H15NO2/c12-8-9-13-11-7-6-10-4-2-1-3-5-10/h1-5,11-12H,6-9H2. The van der Waals surface area contributed by atoms with Crippen molar-refractivity contribution in [1.82, 2.24) is 5.48 Å². The lowest BCUT2D eigenvalue weighted by atomic mass is 10.2. The van der Waals surface area contributed by atoms with Crippen LogP contribution in [-0.4, -0.2) is 24.9 Å². The van der Waals surface area contributed by atoms with Gasteiger partial charge in [0.2, 0.25) is 0 Å². The van der Waals surface area contributed by atoms with Crippen LogP contribution in [-0.2, 0) is 11.3 Å². The minimum absolute atomic E-state index is 0.0539. The van der Waals surface area contributed by atoms with Crippen LogP contribution in [0.5, 0.6) is 0 Å². The predicted molar refractivity (Wildman–Crippen MR) is 51.2 cm³/mol. The lowest BCUT2D eigenvalue weighted by molar-refractivity contribution is 0.0184. The number of benzene rings is 1. The maximum Gasteiger partial charge on any atom is 0.0913 e. The van der Waals surface area contributed by atoms with E-state index in [1.165, 1.54) is 5.56 Å². The van der Waals surface area contributed by atoms with Crippen LogP contribution in [0.2, 0.25) is 0 Å². The average molecular weight is 181 g/mol. The van der Waals surface area contributed by atoms with Gasteiger partial charge in [-0.3, -0.25) is 4.84 Å². The quantitative estimate of drug-likeness (QED) is 0.502. The Labute approximate surface area is 78.3 Å². The second-order valence-electron chi connectivity index (χ2n) is 2.70. The molecule has 1 rings (SSSR count).